The van der Waals surface area contributed by atoms with E-state index in [1.807, 2.05) is 18.2 Å². The average molecular weight is 521 g/mol. The van der Waals surface area contributed by atoms with Gasteiger partial charge in [-0.3, -0.25) is 24.6 Å². The van der Waals surface area contributed by atoms with Crippen LogP contribution in [0.1, 0.15) is 56.6 Å². The van der Waals surface area contributed by atoms with Crippen LogP contribution in [0.3, 0.4) is 0 Å². The Morgan fingerprint density at radius 2 is 1.77 bits per heavy atom. The minimum atomic E-state index is -0.648. The fraction of sp³-hybridized carbons (Fsp3) is 0.290. The maximum atomic E-state index is 13.0. The fourth-order valence-electron chi connectivity index (χ4n) is 5.67. The highest BCUT2D eigenvalue weighted by Gasteiger charge is 2.40. The van der Waals surface area contributed by atoms with Crippen molar-refractivity contribution < 1.29 is 19.1 Å². The third-order valence-corrected chi connectivity index (χ3v) is 7.79. The van der Waals surface area contributed by atoms with E-state index in [2.05, 4.69) is 46.6 Å². The van der Waals surface area contributed by atoms with Crippen LogP contribution in [0.25, 0.3) is 0 Å². The summed E-state index contributed by atoms with van der Waals surface area (Å²) in [6.45, 7) is 3.30. The van der Waals surface area contributed by atoms with Gasteiger partial charge in [0.25, 0.3) is 5.91 Å². The van der Waals surface area contributed by atoms with Crippen molar-refractivity contribution in [2.24, 2.45) is 0 Å². The molecule has 3 aromatic carbocycles. The van der Waals surface area contributed by atoms with Gasteiger partial charge in [0.2, 0.25) is 11.8 Å². The predicted molar refractivity (Wildman–Crippen MR) is 142 cm³/mol. The summed E-state index contributed by atoms with van der Waals surface area (Å²) in [7, 11) is 0. The van der Waals surface area contributed by atoms with Crippen molar-refractivity contribution in [3.63, 3.8) is 0 Å². The second-order valence-electron chi connectivity index (χ2n) is 10.3. The summed E-state index contributed by atoms with van der Waals surface area (Å²) in [5.74, 6) is -0.302. The Hall–Kier alpha value is -4.48. The SMILES string of the molecule is N#Cc1ccc2c(c1)CN(Cc1ccc(COc3cccc4c3CN([C@H]3CCC(=O)NC3=O)C4=O)cc1)CC2. The van der Waals surface area contributed by atoms with E-state index in [9.17, 15) is 19.6 Å². The maximum Gasteiger partial charge on any atom is 0.255 e. The van der Waals surface area contributed by atoms with E-state index in [0.717, 1.165) is 37.2 Å². The molecule has 0 radical (unpaired) electrons. The van der Waals surface area contributed by atoms with E-state index in [1.54, 1.807) is 12.1 Å². The lowest BCUT2D eigenvalue weighted by Gasteiger charge is -2.29. The van der Waals surface area contributed by atoms with Gasteiger partial charge in [0.15, 0.2) is 0 Å². The van der Waals surface area contributed by atoms with Crippen LogP contribution >= 0.6 is 0 Å². The summed E-state index contributed by atoms with van der Waals surface area (Å²) in [6, 6.07) is 21.3. The zero-order chi connectivity index (χ0) is 26.9. The summed E-state index contributed by atoms with van der Waals surface area (Å²) in [6.07, 6.45) is 1.54. The standard InChI is InChI=1S/C31H28N4O4/c32-15-22-8-9-23-12-13-34(17-24(23)14-22)16-20-4-6-21(7-5-20)19-39-28-3-1-2-25-26(28)18-35(31(25)38)27-10-11-29(36)33-30(27)37/h1-9,14,27H,10-13,16-19H2,(H,33,36,37)/t27-/m0/s1. The number of benzene rings is 3. The Labute approximate surface area is 226 Å². The number of carbonyl (C=O) groups is 3. The first-order valence-electron chi connectivity index (χ1n) is 13.2. The third-order valence-electron chi connectivity index (χ3n) is 7.79. The summed E-state index contributed by atoms with van der Waals surface area (Å²) in [4.78, 5) is 40.8. The third kappa shape index (κ3) is 5.01. The van der Waals surface area contributed by atoms with Crippen LogP contribution in [0.2, 0.25) is 0 Å². The van der Waals surface area contributed by atoms with E-state index >= 15 is 0 Å². The monoisotopic (exact) mass is 520 g/mol. The number of nitrogens with zero attached hydrogens (tertiary/aromatic N) is 3. The van der Waals surface area contributed by atoms with Crippen molar-refractivity contribution in [2.75, 3.05) is 6.54 Å². The molecule has 196 valence electrons. The van der Waals surface area contributed by atoms with E-state index < -0.39 is 11.9 Å². The average Bonchev–Trinajstić information content (AvgIpc) is 3.28. The highest BCUT2D eigenvalue weighted by molar-refractivity contribution is 6.05. The molecule has 3 amide bonds. The highest BCUT2D eigenvalue weighted by atomic mass is 16.5. The van der Waals surface area contributed by atoms with Gasteiger partial charge in [0, 0.05) is 37.2 Å². The van der Waals surface area contributed by atoms with Gasteiger partial charge in [-0.25, -0.2) is 0 Å². The van der Waals surface area contributed by atoms with Crippen LogP contribution in [0, 0.1) is 11.3 Å². The molecule has 0 aromatic heterocycles. The number of rotatable bonds is 6. The summed E-state index contributed by atoms with van der Waals surface area (Å²) in [5.41, 5.74) is 6.81. The number of ether oxygens (including phenoxy) is 1. The summed E-state index contributed by atoms with van der Waals surface area (Å²) < 4.78 is 6.14. The second kappa shape index (κ2) is 10.4. The quantitative estimate of drug-likeness (QED) is 0.500. The van der Waals surface area contributed by atoms with Crippen LogP contribution in [0.4, 0.5) is 0 Å². The fourth-order valence-corrected chi connectivity index (χ4v) is 5.67. The number of hydrogen-bond acceptors (Lipinski definition) is 6. The van der Waals surface area contributed by atoms with Crippen molar-refractivity contribution in [3.05, 3.63) is 99.6 Å². The summed E-state index contributed by atoms with van der Waals surface area (Å²) in [5, 5.41) is 11.5. The molecule has 1 fully saturated rings. The molecule has 0 bridgehead atoms. The lowest BCUT2D eigenvalue weighted by molar-refractivity contribution is -0.136. The molecule has 0 spiro atoms. The summed E-state index contributed by atoms with van der Waals surface area (Å²) >= 11 is 0. The van der Waals surface area contributed by atoms with Gasteiger partial charge in [-0.15, -0.1) is 0 Å². The number of carbonyl (C=O) groups excluding carboxylic acids is 3. The van der Waals surface area contributed by atoms with E-state index in [-0.39, 0.29) is 24.8 Å². The zero-order valence-corrected chi connectivity index (χ0v) is 21.5. The largest absolute Gasteiger partial charge is 0.489 e. The lowest BCUT2D eigenvalue weighted by atomic mass is 9.97. The second-order valence-corrected chi connectivity index (χ2v) is 10.3. The Morgan fingerprint density at radius 1 is 0.949 bits per heavy atom. The minimum Gasteiger partial charge on any atom is -0.489 e. The molecule has 1 N–H and O–H groups in total. The topological polar surface area (TPSA) is 103 Å². The maximum absolute atomic E-state index is 13.0. The van der Waals surface area contributed by atoms with Gasteiger partial charge < -0.3 is 9.64 Å². The van der Waals surface area contributed by atoms with E-state index in [4.69, 9.17) is 4.74 Å². The van der Waals surface area contributed by atoms with Crippen molar-refractivity contribution in [1.82, 2.24) is 15.1 Å². The molecule has 3 aromatic rings. The van der Waals surface area contributed by atoms with Gasteiger partial charge in [0.1, 0.15) is 18.4 Å². The van der Waals surface area contributed by atoms with Crippen LogP contribution in [0.15, 0.2) is 60.7 Å². The molecule has 1 atom stereocenters. The molecular weight excluding hydrogens is 492 g/mol. The van der Waals surface area contributed by atoms with Crippen LogP contribution < -0.4 is 10.1 Å². The smallest absolute Gasteiger partial charge is 0.255 e. The number of hydrogen-bond donors (Lipinski definition) is 1. The normalized spacial score (nSPS) is 18.8. The number of piperidine rings is 1. The van der Waals surface area contributed by atoms with Crippen LogP contribution in [0.5, 0.6) is 5.75 Å². The van der Waals surface area contributed by atoms with Crippen molar-refractivity contribution >= 4 is 17.7 Å². The molecule has 1 saturated heterocycles. The molecule has 6 rings (SSSR count). The number of nitrogens with one attached hydrogen (secondary N) is 1. The molecule has 3 aliphatic heterocycles. The first kappa shape index (κ1) is 24.8. The van der Waals surface area contributed by atoms with Gasteiger partial charge in [0.05, 0.1) is 18.2 Å². The Bertz CT molecular complexity index is 1510. The molecule has 0 unspecified atom stereocenters. The van der Waals surface area contributed by atoms with Crippen LogP contribution in [-0.2, 0) is 42.3 Å². The van der Waals surface area contributed by atoms with Crippen LogP contribution in [-0.4, -0.2) is 40.1 Å². The minimum absolute atomic E-state index is 0.210. The van der Waals surface area contributed by atoms with Crippen molar-refractivity contribution in [3.8, 4) is 11.8 Å². The number of imide groups is 1. The lowest BCUT2D eigenvalue weighted by Crippen LogP contribution is -2.52. The van der Waals surface area contributed by atoms with Gasteiger partial charge in [-0.1, -0.05) is 36.4 Å². The van der Waals surface area contributed by atoms with Crippen molar-refractivity contribution in [1.29, 1.82) is 5.26 Å². The van der Waals surface area contributed by atoms with E-state index in [1.165, 1.54) is 21.6 Å². The molecule has 0 aliphatic carbocycles. The van der Waals surface area contributed by atoms with Gasteiger partial charge >= 0.3 is 0 Å². The Morgan fingerprint density at radius 3 is 2.56 bits per heavy atom. The molecular formula is C31H28N4O4. The molecule has 0 saturated carbocycles. The molecule has 8 nitrogen and oxygen atoms in total. The Balaban J connectivity index is 1.08. The number of amides is 3. The highest BCUT2D eigenvalue weighted by Crippen LogP contribution is 2.34. The molecule has 8 heteroatoms. The first-order valence-corrected chi connectivity index (χ1v) is 13.2. The first-order chi connectivity index (χ1) is 19.0. The van der Waals surface area contributed by atoms with Gasteiger partial charge in [-0.2, -0.15) is 5.26 Å². The number of fused-ring (bicyclic) bond motifs is 2. The Kier molecular flexibility index (Phi) is 6.59. The molecule has 39 heavy (non-hydrogen) atoms. The molecule has 3 heterocycles. The van der Waals surface area contributed by atoms with Gasteiger partial charge in [-0.05, 0) is 59.4 Å². The zero-order valence-electron chi connectivity index (χ0n) is 21.5. The number of nitriles is 1. The predicted octanol–water partition coefficient (Wildman–Crippen LogP) is 3.46. The van der Waals surface area contributed by atoms with Crippen molar-refractivity contribution in [2.45, 2.75) is 51.5 Å². The molecule has 3 aliphatic rings. The van der Waals surface area contributed by atoms with E-state index in [0.29, 0.717) is 29.9 Å².